The van der Waals surface area contributed by atoms with Gasteiger partial charge in [0, 0.05) is 43.4 Å². The summed E-state index contributed by atoms with van der Waals surface area (Å²) in [4.78, 5) is 14.4. The summed E-state index contributed by atoms with van der Waals surface area (Å²) < 4.78 is 35.0. The Bertz CT molecular complexity index is 1770. The van der Waals surface area contributed by atoms with Gasteiger partial charge in [0.1, 0.15) is 5.82 Å². The third-order valence-corrected chi connectivity index (χ3v) is 8.88. The normalized spacial score (nSPS) is 17.8. The molecule has 0 spiro atoms. The number of hydrogen-bond acceptors (Lipinski definition) is 4. The molecule has 2 heterocycles. The van der Waals surface area contributed by atoms with Crippen molar-refractivity contribution in [1.29, 1.82) is 0 Å². The van der Waals surface area contributed by atoms with E-state index in [-0.39, 0.29) is 36.1 Å². The number of halogens is 1. The van der Waals surface area contributed by atoms with E-state index < -0.39 is 0 Å². The van der Waals surface area contributed by atoms with Gasteiger partial charge in [0.05, 0.1) is 30.1 Å². The van der Waals surface area contributed by atoms with Crippen molar-refractivity contribution in [2.24, 2.45) is 0 Å². The van der Waals surface area contributed by atoms with E-state index in [4.69, 9.17) is 14.2 Å². The fourth-order valence-electron chi connectivity index (χ4n) is 6.67. The maximum absolute atomic E-state index is 14.4. The van der Waals surface area contributed by atoms with E-state index in [0.29, 0.717) is 31.6 Å². The zero-order chi connectivity index (χ0) is 33.5. The molecule has 6 rings (SSSR count). The van der Waals surface area contributed by atoms with Crippen LogP contribution in [0.15, 0.2) is 115 Å². The molecule has 0 aliphatic carbocycles. The van der Waals surface area contributed by atoms with Crippen LogP contribution in [0.3, 0.4) is 0 Å². The lowest BCUT2D eigenvalue weighted by molar-refractivity contribution is -0.214. The molecule has 4 aromatic carbocycles. The number of aromatic nitrogens is 1. The lowest BCUT2D eigenvalue weighted by Gasteiger charge is -2.35. The van der Waals surface area contributed by atoms with Crippen LogP contribution in [0.4, 0.5) is 10.1 Å². The molecule has 1 saturated heterocycles. The van der Waals surface area contributed by atoms with E-state index in [1.54, 1.807) is 19.2 Å². The molecule has 7 heteroatoms. The van der Waals surface area contributed by atoms with Crippen LogP contribution >= 0.6 is 0 Å². The number of ether oxygens (including phenoxy) is 3. The van der Waals surface area contributed by atoms with Gasteiger partial charge >= 0.3 is 0 Å². The summed E-state index contributed by atoms with van der Waals surface area (Å²) in [5, 5.41) is 3.15. The quantitative estimate of drug-likeness (QED) is 0.147. The van der Waals surface area contributed by atoms with E-state index in [2.05, 4.69) is 35.9 Å². The number of carbonyl (C=O) groups is 1. The molecule has 1 amide bonds. The van der Waals surface area contributed by atoms with Gasteiger partial charge in [-0.3, -0.25) is 4.79 Å². The Morgan fingerprint density at radius 2 is 1.52 bits per heavy atom. The number of methoxy groups -OCH3 is 1. The Balaban J connectivity index is 1.40. The molecule has 1 fully saturated rings. The second-order valence-electron chi connectivity index (χ2n) is 12.6. The predicted molar refractivity (Wildman–Crippen MR) is 188 cm³/mol. The van der Waals surface area contributed by atoms with Crippen LogP contribution in [0.5, 0.6) is 0 Å². The molecule has 0 radical (unpaired) electrons. The number of nitrogens with zero attached hydrogens (tertiary/aromatic N) is 1. The number of rotatable bonds is 12. The van der Waals surface area contributed by atoms with E-state index in [0.717, 1.165) is 45.7 Å². The number of amides is 1. The largest absolute Gasteiger partial charge is 0.373 e. The van der Waals surface area contributed by atoms with Gasteiger partial charge in [-0.1, -0.05) is 92.7 Å². The molecule has 1 aliphatic rings. The second kappa shape index (κ2) is 15.6. The van der Waals surface area contributed by atoms with Gasteiger partial charge in [-0.2, -0.15) is 0 Å². The molecule has 1 aliphatic heterocycles. The lowest BCUT2D eigenvalue weighted by atomic mass is 9.94. The minimum absolute atomic E-state index is 0.000800. The molecule has 1 aromatic heterocycles. The highest BCUT2D eigenvalue weighted by Crippen LogP contribution is 2.43. The first kappa shape index (κ1) is 33.3. The molecule has 1 N–H and O–H groups in total. The first-order chi connectivity index (χ1) is 23.4. The third-order valence-electron chi connectivity index (χ3n) is 8.88. The molecule has 6 nitrogen and oxygen atoms in total. The molecule has 0 saturated carbocycles. The summed E-state index contributed by atoms with van der Waals surface area (Å²) >= 11 is 0. The van der Waals surface area contributed by atoms with E-state index >= 15 is 0 Å². The topological polar surface area (TPSA) is 61.7 Å². The summed E-state index contributed by atoms with van der Waals surface area (Å²) in [7, 11) is 1.67. The van der Waals surface area contributed by atoms with Crippen LogP contribution in [0.1, 0.15) is 60.6 Å². The van der Waals surface area contributed by atoms with Crippen molar-refractivity contribution in [3.05, 3.63) is 138 Å². The molecule has 0 bridgehead atoms. The highest BCUT2D eigenvalue weighted by Gasteiger charge is 2.33. The van der Waals surface area contributed by atoms with Gasteiger partial charge in [0.25, 0.3) is 5.91 Å². The summed E-state index contributed by atoms with van der Waals surface area (Å²) in [6, 6.07) is 36.2. The average molecular weight is 647 g/mol. The predicted octanol–water partition coefficient (Wildman–Crippen LogP) is 9.46. The first-order valence-electron chi connectivity index (χ1n) is 16.7. The smallest absolute Gasteiger partial charge is 0.258 e. The fraction of sp³-hybridized carbons (Fsp3) is 0.293. The van der Waals surface area contributed by atoms with Crippen LogP contribution in [-0.2, 0) is 27.4 Å². The Labute approximate surface area is 282 Å². The highest BCUT2D eigenvalue weighted by atomic mass is 19.1. The molecule has 3 atom stereocenters. The zero-order valence-corrected chi connectivity index (χ0v) is 27.8. The van der Waals surface area contributed by atoms with Gasteiger partial charge in [-0.25, -0.2) is 4.39 Å². The minimum Gasteiger partial charge on any atom is -0.373 e. The maximum atomic E-state index is 14.4. The van der Waals surface area contributed by atoms with Gasteiger partial charge in [-0.05, 0) is 65.4 Å². The number of carbonyl (C=O) groups excluding carboxylic acids is 1. The van der Waals surface area contributed by atoms with E-state index in [1.807, 2.05) is 78.9 Å². The van der Waals surface area contributed by atoms with Crippen LogP contribution in [0.25, 0.3) is 22.4 Å². The summed E-state index contributed by atoms with van der Waals surface area (Å²) in [6.07, 6.45) is 1.53. The second-order valence-corrected chi connectivity index (χ2v) is 12.6. The first-order valence-corrected chi connectivity index (χ1v) is 16.7. The third kappa shape index (κ3) is 7.76. The van der Waals surface area contributed by atoms with Crippen molar-refractivity contribution in [3.63, 3.8) is 0 Å². The fourth-order valence-corrected chi connectivity index (χ4v) is 6.67. The Kier molecular flexibility index (Phi) is 10.8. The molecule has 3 unspecified atom stereocenters. The number of para-hydroxylation sites is 1. The maximum Gasteiger partial charge on any atom is 0.258 e. The number of hydrogen-bond donors (Lipinski definition) is 1. The van der Waals surface area contributed by atoms with Crippen molar-refractivity contribution in [1.82, 2.24) is 4.57 Å². The Morgan fingerprint density at radius 3 is 2.17 bits per heavy atom. The van der Waals surface area contributed by atoms with Crippen molar-refractivity contribution in [3.8, 4) is 22.4 Å². The van der Waals surface area contributed by atoms with Crippen LogP contribution < -0.4 is 5.32 Å². The van der Waals surface area contributed by atoms with Crippen LogP contribution in [0.2, 0.25) is 0 Å². The number of anilines is 1. The van der Waals surface area contributed by atoms with E-state index in [9.17, 15) is 9.18 Å². The molecular weight excluding hydrogens is 603 g/mol. The Hall–Kier alpha value is -4.56. The highest BCUT2D eigenvalue weighted by molar-refractivity contribution is 6.12. The minimum atomic E-state index is -0.373. The van der Waals surface area contributed by atoms with Gasteiger partial charge in [0.15, 0.2) is 6.29 Å². The SMILES string of the molecule is COC1CC(OCc2ccccc2)CC(CCn2c(-c3ccc(F)cc3)c(-c3ccccc3)c(C(=O)Nc3ccccc3)c2C(C)C)O1. The van der Waals surface area contributed by atoms with Crippen molar-refractivity contribution in [2.75, 3.05) is 12.4 Å². The summed E-state index contributed by atoms with van der Waals surface area (Å²) in [5.41, 5.74) is 6.82. The van der Waals surface area contributed by atoms with Gasteiger partial charge in [-0.15, -0.1) is 0 Å². The van der Waals surface area contributed by atoms with Gasteiger partial charge < -0.3 is 24.1 Å². The number of nitrogens with one attached hydrogen (secondary N) is 1. The summed E-state index contributed by atoms with van der Waals surface area (Å²) in [6.45, 7) is 5.32. The monoisotopic (exact) mass is 646 g/mol. The van der Waals surface area contributed by atoms with Crippen LogP contribution in [-0.4, -0.2) is 36.1 Å². The van der Waals surface area contributed by atoms with Crippen molar-refractivity contribution < 1.29 is 23.4 Å². The van der Waals surface area contributed by atoms with Crippen LogP contribution in [0, 0.1) is 5.82 Å². The average Bonchev–Trinajstić information content (AvgIpc) is 3.47. The zero-order valence-electron chi connectivity index (χ0n) is 27.8. The van der Waals surface area contributed by atoms with Crippen molar-refractivity contribution in [2.45, 2.75) is 70.7 Å². The van der Waals surface area contributed by atoms with E-state index in [1.165, 1.54) is 12.1 Å². The molecule has 248 valence electrons. The van der Waals surface area contributed by atoms with Gasteiger partial charge in [0.2, 0.25) is 0 Å². The molecular formula is C41H43FN2O4. The van der Waals surface area contributed by atoms with Crippen molar-refractivity contribution >= 4 is 11.6 Å². The summed E-state index contributed by atoms with van der Waals surface area (Å²) in [5.74, 6) is -0.500. The molecule has 48 heavy (non-hydrogen) atoms. The lowest BCUT2D eigenvalue weighted by Crippen LogP contribution is -2.38. The Morgan fingerprint density at radius 1 is 0.875 bits per heavy atom. The standard InChI is InChI=1S/C41H43FN2O4/c1-28(2)39-38(41(45)43-33-17-11-6-12-18-33)37(30-15-9-5-10-16-30)40(31-19-21-32(42)22-20-31)44(39)24-23-34-25-35(26-36(46-3)48-34)47-27-29-13-7-4-8-14-29/h4-22,28,34-36H,23-27H2,1-3H3,(H,43,45). The molecule has 5 aromatic rings. The number of benzene rings is 4.